The summed E-state index contributed by atoms with van der Waals surface area (Å²) in [6.07, 6.45) is 2.52. The first-order chi connectivity index (χ1) is 12.4. The minimum atomic E-state index is -3.48. The normalized spacial score (nSPS) is 18.3. The zero-order chi connectivity index (χ0) is 18.7. The van der Waals surface area contributed by atoms with Gasteiger partial charge in [-0.2, -0.15) is 4.31 Å². The lowest BCUT2D eigenvalue weighted by Crippen LogP contribution is -2.36. The maximum Gasteiger partial charge on any atom is 0.243 e. The maximum absolute atomic E-state index is 13.2. The van der Waals surface area contributed by atoms with Crippen LogP contribution < -0.4 is 0 Å². The molecule has 0 saturated carbocycles. The first-order valence-electron chi connectivity index (χ1n) is 9.18. The summed E-state index contributed by atoms with van der Waals surface area (Å²) in [6.45, 7) is 6.71. The number of allylic oxidation sites excluding steroid dienone is 1. The Labute approximate surface area is 157 Å². The van der Waals surface area contributed by atoms with Gasteiger partial charge in [0.1, 0.15) is 0 Å². The maximum atomic E-state index is 13.2. The lowest BCUT2D eigenvalue weighted by atomic mass is 9.97. The van der Waals surface area contributed by atoms with Gasteiger partial charge in [0.15, 0.2) is 0 Å². The van der Waals surface area contributed by atoms with E-state index in [-0.39, 0.29) is 6.04 Å². The summed E-state index contributed by atoms with van der Waals surface area (Å²) in [7, 11) is -3.48. The second-order valence-corrected chi connectivity index (χ2v) is 9.13. The number of nitrogens with zero attached hydrogens (tertiary/aromatic N) is 1. The molecule has 0 bridgehead atoms. The predicted octanol–water partition coefficient (Wildman–Crippen LogP) is 4.73. The van der Waals surface area contributed by atoms with Gasteiger partial charge in [-0.1, -0.05) is 59.2 Å². The molecule has 0 N–H and O–H groups in total. The summed E-state index contributed by atoms with van der Waals surface area (Å²) in [4.78, 5) is 0.391. The number of hydrogen-bond donors (Lipinski definition) is 0. The third-order valence-corrected chi connectivity index (χ3v) is 7.09. The molecule has 1 atom stereocenters. The zero-order valence-electron chi connectivity index (χ0n) is 15.8. The van der Waals surface area contributed by atoms with Crippen LogP contribution in [0.2, 0.25) is 0 Å². The van der Waals surface area contributed by atoms with E-state index in [1.807, 2.05) is 37.3 Å². The van der Waals surface area contributed by atoms with Crippen molar-refractivity contribution >= 4 is 10.0 Å². The van der Waals surface area contributed by atoms with Crippen molar-refractivity contribution in [2.45, 2.75) is 51.0 Å². The molecule has 1 aliphatic rings. The Kier molecular flexibility index (Phi) is 5.64. The SMILES string of the molecule is CC(C)=C1CCN(S(=O)(=O)c2ccc(C)cc2)C1CCc1ccccc1. The Balaban J connectivity index is 1.89. The number of hydrogen-bond acceptors (Lipinski definition) is 2. The van der Waals surface area contributed by atoms with Crippen molar-refractivity contribution in [3.8, 4) is 0 Å². The molecule has 0 aromatic heterocycles. The molecule has 3 nitrogen and oxygen atoms in total. The van der Waals surface area contributed by atoms with Crippen LogP contribution in [-0.4, -0.2) is 25.3 Å². The van der Waals surface area contributed by atoms with Gasteiger partial charge in [0, 0.05) is 12.6 Å². The fraction of sp³-hybridized carbons (Fsp3) is 0.364. The molecule has 26 heavy (non-hydrogen) atoms. The van der Waals surface area contributed by atoms with Gasteiger partial charge in [-0.25, -0.2) is 8.42 Å². The molecule has 1 heterocycles. The summed E-state index contributed by atoms with van der Waals surface area (Å²) in [5.74, 6) is 0. The molecule has 3 rings (SSSR count). The van der Waals surface area contributed by atoms with Crippen LogP contribution in [0.15, 0.2) is 70.6 Å². The first-order valence-corrected chi connectivity index (χ1v) is 10.6. The predicted molar refractivity (Wildman–Crippen MR) is 107 cm³/mol. The van der Waals surface area contributed by atoms with Crippen LogP contribution in [0, 0.1) is 6.92 Å². The largest absolute Gasteiger partial charge is 0.243 e. The Morgan fingerprint density at radius 3 is 2.31 bits per heavy atom. The van der Waals surface area contributed by atoms with Crippen LogP contribution in [0.3, 0.4) is 0 Å². The number of aryl methyl sites for hydroxylation is 2. The summed E-state index contributed by atoms with van der Waals surface area (Å²) in [5, 5.41) is 0. The minimum Gasteiger partial charge on any atom is -0.207 e. The molecule has 4 heteroatoms. The average Bonchev–Trinajstić information content (AvgIpc) is 3.06. The fourth-order valence-electron chi connectivity index (χ4n) is 3.71. The average molecular weight is 370 g/mol. The van der Waals surface area contributed by atoms with Gasteiger partial charge >= 0.3 is 0 Å². The molecule has 1 fully saturated rings. The first kappa shape index (κ1) is 18.9. The van der Waals surface area contributed by atoms with Gasteiger partial charge in [0.05, 0.1) is 4.90 Å². The highest BCUT2D eigenvalue weighted by Gasteiger charge is 2.38. The van der Waals surface area contributed by atoms with Crippen molar-refractivity contribution in [3.63, 3.8) is 0 Å². The van der Waals surface area contributed by atoms with Crippen molar-refractivity contribution in [2.75, 3.05) is 6.54 Å². The molecular formula is C22H27NO2S. The Bertz CT molecular complexity index is 879. The fourth-order valence-corrected chi connectivity index (χ4v) is 5.36. The second-order valence-electron chi connectivity index (χ2n) is 7.24. The molecule has 2 aromatic carbocycles. The number of sulfonamides is 1. The molecule has 138 valence electrons. The van der Waals surface area contributed by atoms with Gasteiger partial charge < -0.3 is 0 Å². The van der Waals surface area contributed by atoms with Crippen LogP contribution in [0.25, 0.3) is 0 Å². The molecule has 0 amide bonds. The topological polar surface area (TPSA) is 37.4 Å². The van der Waals surface area contributed by atoms with Crippen molar-refractivity contribution in [1.82, 2.24) is 4.31 Å². The van der Waals surface area contributed by atoms with E-state index >= 15 is 0 Å². The molecule has 0 spiro atoms. The zero-order valence-corrected chi connectivity index (χ0v) is 16.6. The molecule has 1 unspecified atom stereocenters. The molecule has 1 aliphatic heterocycles. The summed E-state index contributed by atoms with van der Waals surface area (Å²) < 4.78 is 28.2. The second kappa shape index (κ2) is 7.77. The van der Waals surface area contributed by atoms with Gasteiger partial charge in [-0.05, 0) is 57.7 Å². The smallest absolute Gasteiger partial charge is 0.207 e. The van der Waals surface area contributed by atoms with E-state index in [0.29, 0.717) is 11.4 Å². The van der Waals surface area contributed by atoms with Gasteiger partial charge in [-0.3, -0.25) is 0 Å². The van der Waals surface area contributed by atoms with Crippen LogP contribution in [0.5, 0.6) is 0 Å². The molecule has 1 saturated heterocycles. The minimum absolute atomic E-state index is 0.0495. The van der Waals surface area contributed by atoms with Crippen molar-refractivity contribution in [1.29, 1.82) is 0 Å². The van der Waals surface area contributed by atoms with E-state index in [1.54, 1.807) is 16.4 Å². The standard InChI is InChI=1S/C22H27NO2S/c1-17(2)21-15-16-23(22(21)14-11-19-7-5-4-6-8-19)26(24,25)20-12-9-18(3)10-13-20/h4-10,12-13,22H,11,14-16H2,1-3H3. The lowest BCUT2D eigenvalue weighted by Gasteiger charge is -2.25. The third-order valence-electron chi connectivity index (χ3n) is 5.17. The number of rotatable bonds is 5. The van der Waals surface area contributed by atoms with E-state index < -0.39 is 10.0 Å². The highest BCUT2D eigenvalue weighted by Crippen LogP contribution is 2.34. The Morgan fingerprint density at radius 1 is 1.04 bits per heavy atom. The third kappa shape index (κ3) is 3.92. The van der Waals surface area contributed by atoms with Gasteiger partial charge in [0.2, 0.25) is 10.0 Å². The summed E-state index contributed by atoms with van der Waals surface area (Å²) in [5.41, 5.74) is 4.83. The van der Waals surface area contributed by atoms with Crippen molar-refractivity contribution in [3.05, 3.63) is 76.9 Å². The summed E-state index contributed by atoms with van der Waals surface area (Å²) in [6, 6.07) is 17.4. The van der Waals surface area contributed by atoms with Crippen LogP contribution >= 0.6 is 0 Å². The van der Waals surface area contributed by atoms with Gasteiger partial charge in [-0.15, -0.1) is 0 Å². The van der Waals surface area contributed by atoms with Crippen LogP contribution in [-0.2, 0) is 16.4 Å². The van der Waals surface area contributed by atoms with E-state index in [0.717, 1.165) is 24.8 Å². The highest BCUT2D eigenvalue weighted by molar-refractivity contribution is 7.89. The van der Waals surface area contributed by atoms with Crippen molar-refractivity contribution in [2.24, 2.45) is 0 Å². The molecular weight excluding hydrogens is 342 g/mol. The monoisotopic (exact) mass is 369 g/mol. The van der Waals surface area contributed by atoms with E-state index in [2.05, 4.69) is 26.0 Å². The van der Waals surface area contributed by atoms with E-state index in [4.69, 9.17) is 0 Å². The highest BCUT2D eigenvalue weighted by atomic mass is 32.2. The summed E-state index contributed by atoms with van der Waals surface area (Å²) >= 11 is 0. The quantitative estimate of drug-likeness (QED) is 0.715. The molecule has 0 aliphatic carbocycles. The van der Waals surface area contributed by atoms with E-state index in [9.17, 15) is 8.42 Å². The molecule has 0 radical (unpaired) electrons. The van der Waals surface area contributed by atoms with Crippen molar-refractivity contribution < 1.29 is 8.42 Å². The van der Waals surface area contributed by atoms with Crippen LogP contribution in [0.1, 0.15) is 37.8 Å². The Hall–Kier alpha value is -1.91. The Morgan fingerprint density at radius 2 is 1.69 bits per heavy atom. The van der Waals surface area contributed by atoms with Gasteiger partial charge in [0.25, 0.3) is 0 Å². The lowest BCUT2D eigenvalue weighted by molar-refractivity contribution is 0.391. The molecule has 2 aromatic rings. The number of benzene rings is 2. The van der Waals surface area contributed by atoms with Crippen LogP contribution in [0.4, 0.5) is 0 Å². The van der Waals surface area contributed by atoms with E-state index in [1.165, 1.54) is 16.7 Å².